The molecule has 0 radical (unpaired) electrons. The molecule has 2 amide bonds. The lowest BCUT2D eigenvalue weighted by Gasteiger charge is -1.89. The lowest BCUT2D eigenvalue weighted by atomic mass is 10.7. The minimum absolute atomic E-state index is 0.435. The van der Waals surface area contributed by atoms with Crippen molar-refractivity contribution in [3.05, 3.63) is 5.82 Å². The van der Waals surface area contributed by atoms with Crippen LogP contribution < -0.4 is 11.1 Å². The van der Waals surface area contributed by atoms with Gasteiger partial charge >= 0.3 is 6.03 Å². The van der Waals surface area contributed by atoms with E-state index in [4.69, 9.17) is 5.73 Å². The van der Waals surface area contributed by atoms with Gasteiger partial charge in [-0.3, -0.25) is 5.32 Å². The van der Waals surface area contributed by atoms with Crippen LogP contribution in [0.5, 0.6) is 0 Å². The maximum atomic E-state index is 10.2. The number of primary amides is 1. The number of hydrogen-bond donors (Lipinski definition) is 2. The number of nitrogens with zero attached hydrogens (tertiary/aromatic N) is 2. The highest BCUT2D eigenvalue weighted by Crippen LogP contribution is 2.08. The zero-order valence-electron chi connectivity index (χ0n) is 5.29. The van der Waals surface area contributed by atoms with E-state index in [0.29, 0.717) is 11.0 Å². The predicted molar refractivity (Wildman–Crippen MR) is 37.9 cm³/mol. The largest absolute Gasteiger partial charge is 0.351 e. The highest BCUT2D eigenvalue weighted by Gasteiger charge is 1.99. The normalized spacial score (nSPS) is 9.30. The Morgan fingerprint density at radius 1 is 1.80 bits per heavy atom. The minimum atomic E-state index is -0.615. The fourth-order valence-electron chi connectivity index (χ4n) is 0.453. The van der Waals surface area contributed by atoms with Crippen molar-refractivity contribution in [1.82, 2.24) is 9.36 Å². The van der Waals surface area contributed by atoms with E-state index in [2.05, 4.69) is 14.7 Å². The fraction of sp³-hybridized carbons (Fsp3) is 0.250. The molecule has 10 heavy (non-hydrogen) atoms. The number of amides is 2. The predicted octanol–water partition coefficient (Wildman–Crippen LogP) is 0.337. The number of anilines is 1. The first-order valence-corrected chi connectivity index (χ1v) is 3.32. The van der Waals surface area contributed by atoms with E-state index in [9.17, 15) is 4.79 Å². The van der Waals surface area contributed by atoms with Crippen molar-refractivity contribution in [2.24, 2.45) is 5.73 Å². The van der Waals surface area contributed by atoms with Gasteiger partial charge in [0.1, 0.15) is 5.82 Å². The molecule has 54 valence electrons. The average Bonchev–Trinajstić information content (AvgIpc) is 2.13. The van der Waals surface area contributed by atoms with E-state index in [1.54, 1.807) is 6.92 Å². The Morgan fingerprint density at radius 3 is 2.90 bits per heavy atom. The van der Waals surface area contributed by atoms with Gasteiger partial charge in [0.05, 0.1) is 0 Å². The van der Waals surface area contributed by atoms with Crippen LogP contribution in [0.4, 0.5) is 9.93 Å². The van der Waals surface area contributed by atoms with E-state index in [1.165, 1.54) is 0 Å². The molecule has 0 bridgehead atoms. The number of urea groups is 1. The summed E-state index contributed by atoms with van der Waals surface area (Å²) >= 11 is 1.10. The van der Waals surface area contributed by atoms with Crippen LogP contribution in [-0.4, -0.2) is 15.4 Å². The number of nitrogens with two attached hydrogens (primary N) is 1. The standard InChI is InChI=1S/C4H6N4OS/c1-2-6-4(10-8-2)7-3(5)9/h1H3,(H3,5,6,7,8,9). The van der Waals surface area contributed by atoms with Gasteiger partial charge in [-0.05, 0) is 6.92 Å². The third-order valence-electron chi connectivity index (χ3n) is 0.758. The molecule has 0 aliphatic carbocycles. The molecule has 0 fully saturated rings. The lowest BCUT2D eigenvalue weighted by Crippen LogP contribution is -2.18. The summed E-state index contributed by atoms with van der Waals surface area (Å²) in [6, 6.07) is -0.615. The quantitative estimate of drug-likeness (QED) is 0.618. The van der Waals surface area contributed by atoms with Crippen LogP contribution in [0.3, 0.4) is 0 Å². The van der Waals surface area contributed by atoms with Crippen LogP contribution in [0.1, 0.15) is 5.82 Å². The van der Waals surface area contributed by atoms with Crippen LogP contribution in [0, 0.1) is 6.92 Å². The Bertz CT molecular complexity index is 245. The smallest absolute Gasteiger partial charge is 0.318 e. The van der Waals surface area contributed by atoms with Crippen molar-refractivity contribution < 1.29 is 4.79 Å². The number of nitrogens with one attached hydrogen (secondary N) is 1. The molecule has 0 aromatic carbocycles. The molecule has 6 heteroatoms. The number of rotatable bonds is 1. The van der Waals surface area contributed by atoms with Gasteiger partial charge in [-0.15, -0.1) is 0 Å². The third-order valence-corrected chi connectivity index (χ3v) is 1.48. The number of aryl methyl sites for hydroxylation is 1. The molecule has 1 rings (SSSR count). The van der Waals surface area contributed by atoms with Crippen LogP contribution in [-0.2, 0) is 0 Å². The molecule has 0 spiro atoms. The van der Waals surface area contributed by atoms with Crippen molar-refractivity contribution in [2.75, 3.05) is 5.32 Å². The van der Waals surface area contributed by atoms with Gasteiger partial charge in [0.25, 0.3) is 0 Å². The Labute approximate surface area is 61.4 Å². The molecular formula is C4H6N4OS. The number of carbonyl (C=O) groups is 1. The van der Waals surface area contributed by atoms with Crippen molar-refractivity contribution in [2.45, 2.75) is 6.92 Å². The zero-order valence-corrected chi connectivity index (χ0v) is 6.10. The maximum Gasteiger partial charge on any atom is 0.318 e. The lowest BCUT2D eigenvalue weighted by molar-refractivity contribution is 0.259. The molecule has 0 atom stereocenters. The highest BCUT2D eigenvalue weighted by atomic mass is 32.1. The van der Waals surface area contributed by atoms with Gasteiger partial charge in [-0.2, -0.15) is 4.37 Å². The first kappa shape index (κ1) is 6.94. The molecule has 0 saturated carbocycles. The van der Waals surface area contributed by atoms with Crippen molar-refractivity contribution in [3.63, 3.8) is 0 Å². The van der Waals surface area contributed by atoms with Gasteiger partial charge < -0.3 is 5.73 Å². The molecule has 1 aromatic rings. The van der Waals surface area contributed by atoms with Crippen LogP contribution >= 0.6 is 11.5 Å². The van der Waals surface area contributed by atoms with Crippen molar-refractivity contribution in [3.8, 4) is 0 Å². The van der Waals surface area contributed by atoms with Gasteiger partial charge in [-0.1, -0.05) is 0 Å². The average molecular weight is 158 g/mol. The molecule has 0 aliphatic rings. The number of hydrogen-bond acceptors (Lipinski definition) is 4. The fourth-order valence-corrected chi connectivity index (χ4v) is 1.03. The third kappa shape index (κ3) is 1.66. The van der Waals surface area contributed by atoms with E-state index < -0.39 is 6.03 Å². The first-order valence-electron chi connectivity index (χ1n) is 2.55. The molecule has 0 saturated heterocycles. The first-order chi connectivity index (χ1) is 4.68. The summed E-state index contributed by atoms with van der Waals surface area (Å²) in [5, 5.41) is 2.74. The molecule has 0 unspecified atom stereocenters. The summed E-state index contributed by atoms with van der Waals surface area (Å²) in [6.45, 7) is 1.74. The Morgan fingerprint density at radius 2 is 2.50 bits per heavy atom. The van der Waals surface area contributed by atoms with E-state index in [0.717, 1.165) is 11.5 Å². The van der Waals surface area contributed by atoms with Gasteiger partial charge in [0.2, 0.25) is 5.13 Å². The second-order valence-electron chi connectivity index (χ2n) is 1.64. The second kappa shape index (κ2) is 2.61. The molecule has 3 N–H and O–H groups in total. The monoisotopic (exact) mass is 158 g/mol. The van der Waals surface area contributed by atoms with Crippen LogP contribution in [0.15, 0.2) is 0 Å². The molecule has 0 aliphatic heterocycles. The Balaban J connectivity index is 2.67. The summed E-state index contributed by atoms with van der Waals surface area (Å²) < 4.78 is 3.83. The Kier molecular flexibility index (Phi) is 1.81. The van der Waals surface area contributed by atoms with Crippen LogP contribution in [0.25, 0.3) is 0 Å². The number of aromatic nitrogens is 2. The molecule has 1 aromatic heterocycles. The molecule has 5 nitrogen and oxygen atoms in total. The van der Waals surface area contributed by atoms with Gasteiger partial charge in [0, 0.05) is 11.5 Å². The zero-order chi connectivity index (χ0) is 7.56. The summed E-state index contributed by atoms with van der Waals surface area (Å²) in [4.78, 5) is 14.1. The topological polar surface area (TPSA) is 80.9 Å². The van der Waals surface area contributed by atoms with Crippen LogP contribution in [0.2, 0.25) is 0 Å². The van der Waals surface area contributed by atoms with Crippen molar-refractivity contribution in [1.29, 1.82) is 0 Å². The van der Waals surface area contributed by atoms with Gasteiger partial charge in [0.15, 0.2) is 0 Å². The summed E-state index contributed by atoms with van der Waals surface area (Å²) in [7, 11) is 0. The van der Waals surface area contributed by atoms with E-state index in [-0.39, 0.29) is 0 Å². The minimum Gasteiger partial charge on any atom is -0.351 e. The van der Waals surface area contributed by atoms with Crippen molar-refractivity contribution >= 4 is 22.7 Å². The molecular weight excluding hydrogens is 152 g/mol. The summed E-state index contributed by atoms with van der Waals surface area (Å²) in [6.07, 6.45) is 0. The Hall–Kier alpha value is -1.17. The second-order valence-corrected chi connectivity index (χ2v) is 2.39. The summed E-state index contributed by atoms with van der Waals surface area (Å²) in [5.41, 5.74) is 4.82. The van der Waals surface area contributed by atoms with E-state index >= 15 is 0 Å². The van der Waals surface area contributed by atoms with Gasteiger partial charge in [-0.25, -0.2) is 9.78 Å². The van der Waals surface area contributed by atoms with E-state index in [1.807, 2.05) is 0 Å². The maximum absolute atomic E-state index is 10.2. The SMILES string of the molecule is Cc1nsc(NC(N)=O)n1. The number of carbonyl (C=O) groups excluding carboxylic acids is 1. The summed E-state index contributed by atoms with van der Waals surface area (Å²) in [5.74, 6) is 0.633. The molecule has 1 heterocycles. The highest BCUT2D eigenvalue weighted by molar-refractivity contribution is 7.09.